The highest BCUT2D eigenvalue weighted by Gasteiger charge is 2.27. The lowest BCUT2D eigenvalue weighted by molar-refractivity contribution is -0.140. The molecule has 2 rings (SSSR count). The van der Waals surface area contributed by atoms with E-state index in [1.807, 2.05) is 77.1 Å². The second kappa shape index (κ2) is 12.9. The fourth-order valence-corrected chi connectivity index (χ4v) is 4.99. The SMILES string of the molecule is Cc1ccc(C)c(N(CCCC(=O)N(Cc2ccccc2C)C(C)C(=O)NCC(C)C)S(C)(=O)=O)c1. The Balaban J connectivity index is 2.21. The molecule has 0 bridgehead atoms. The van der Waals surface area contributed by atoms with Crippen LogP contribution in [0.25, 0.3) is 0 Å². The Hall–Kier alpha value is -2.87. The van der Waals surface area contributed by atoms with Gasteiger partial charge in [-0.05, 0) is 68.4 Å². The third-order valence-corrected chi connectivity index (χ3v) is 7.42. The van der Waals surface area contributed by atoms with Crippen molar-refractivity contribution in [1.82, 2.24) is 10.2 Å². The van der Waals surface area contributed by atoms with Crippen molar-refractivity contribution in [3.8, 4) is 0 Å². The number of nitrogens with one attached hydrogen (secondary N) is 1. The number of amides is 2. The molecular formula is C28H41N3O4S. The molecule has 0 aliphatic heterocycles. The standard InChI is InChI=1S/C28H41N3O4S/c1-20(2)18-29-28(33)24(6)30(19-25-12-9-8-11-22(25)4)27(32)13-10-16-31(36(7,34)35)26-17-21(3)14-15-23(26)5/h8-9,11-12,14-15,17,20,24H,10,13,16,18-19H2,1-7H3,(H,29,33). The molecule has 0 saturated heterocycles. The summed E-state index contributed by atoms with van der Waals surface area (Å²) in [7, 11) is -3.53. The van der Waals surface area contributed by atoms with Crippen LogP contribution in [0.4, 0.5) is 5.69 Å². The number of anilines is 1. The van der Waals surface area contributed by atoms with Gasteiger partial charge in [0.2, 0.25) is 21.8 Å². The zero-order chi connectivity index (χ0) is 27.0. The lowest BCUT2D eigenvalue weighted by atomic mass is 10.1. The van der Waals surface area contributed by atoms with Gasteiger partial charge < -0.3 is 10.2 Å². The Morgan fingerprint density at radius 3 is 2.25 bits per heavy atom. The van der Waals surface area contributed by atoms with Crippen molar-refractivity contribution in [2.24, 2.45) is 5.92 Å². The molecule has 1 N–H and O–H groups in total. The molecule has 2 aromatic rings. The largest absolute Gasteiger partial charge is 0.354 e. The monoisotopic (exact) mass is 515 g/mol. The predicted octanol–water partition coefficient (Wildman–Crippen LogP) is 4.35. The van der Waals surface area contributed by atoms with Gasteiger partial charge in [-0.2, -0.15) is 0 Å². The summed E-state index contributed by atoms with van der Waals surface area (Å²) >= 11 is 0. The van der Waals surface area contributed by atoms with Crippen molar-refractivity contribution in [2.45, 2.75) is 67.0 Å². The van der Waals surface area contributed by atoms with Crippen LogP contribution in [-0.4, -0.2) is 50.5 Å². The molecule has 198 valence electrons. The van der Waals surface area contributed by atoms with Crippen LogP contribution < -0.4 is 9.62 Å². The van der Waals surface area contributed by atoms with Gasteiger partial charge in [0.25, 0.3) is 0 Å². The third kappa shape index (κ3) is 8.36. The molecule has 36 heavy (non-hydrogen) atoms. The summed E-state index contributed by atoms with van der Waals surface area (Å²) in [5.41, 5.74) is 4.47. The van der Waals surface area contributed by atoms with Crippen LogP contribution in [0.1, 0.15) is 55.9 Å². The molecule has 0 radical (unpaired) electrons. The molecule has 0 aromatic heterocycles. The number of carbonyl (C=O) groups is 2. The van der Waals surface area contributed by atoms with E-state index in [9.17, 15) is 18.0 Å². The van der Waals surface area contributed by atoms with Crippen molar-refractivity contribution in [3.05, 3.63) is 64.7 Å². The molecule has 7 nitrogen and oxygen atoms in total. The summed E-state index contributed by atoms with van der Waals surface area (Å²) < 4.78 is 26.5. The van der Waals surface area contributed by atoms with Gasteiger partial charge in [0.15, 0.2) is 0 Å². The lowest BCUT2D eigenvalue weighted by Gasteiger charge is -2.30. The first-order chi connectivity index (χ1) is 16.8. The highest BCUT2D eigenvalue weighted by Crippen LogP contribution is 2.25. The van der Waals surface area contributed by atoms with Crippen LogP contribution in [0.15, 0.2) is 42.5 Å². The van der Waals surface area contributed by atoms with Gasteiger partial charge in [0.1, 0.15) is 6.04 Å². The Kier molecular flexibility index (Phi) is 10.5. The Bertz CT molecular complexity index is 1160. The summed E-state index contributed by atoms with van der Waals surface area (Å²) in [6, 6.07) is 12.8. The van der Waals surface area contributed by atoms with E-state index < -0.39 is 16.1 Å². The average Bonchev–Trinajstić information content (AvgIpc) is 2.80. The van der Waals surface area contributed by atoms with E-state index in [1.165, 1.54) is 10.6 Å². The van der Waals surface area contributed by atoms with Crippen LogP contribution in [0.2, 0.25) is 0 Å². The van der Waals surface area contributed by atoms with E-state index in [0.717, 1.165) is 22.3 Å². The van der Waals surface area contributed by atoms with E-state index in [1.54, 1.807) is 11.8 Å². The van der Waals surface area contributed by atoms with Crippen LogP contribution >= 0.6 is 0 Å². The van der Waals surface area contributed by atoms with Crippen LogP contribution in [0, 0.1) is 26.7 Å². The summed E-state index contributed by atoms with van der Waals surface area (Å²) in [4.78, 5) is 27.9. The Labute approximate surface area is 216 Å². The molecule has 1 atom stereocenters. The summed E-state index contributed by atoms with van der Waals surface area (Å²) in [6.07, 6.45) is 1.65. The normalized spacial score (nSPS) is 12.3. The Morgan fingerprint density at radius 2 is 1.64 bits per heavy atom. The Morgan fingerprint density at radius 1 is 0.972 bits per heavy atom. The quantitative estimate of drug-likeness (QED) is 0.455. The second-order valence-corrected chi connectivity index (χ2v) is 11.9. The maximum absolute atomic E-state index is 13.4. The van der Waals surface area contributed by atoms with Gasteiger partial charge in [-0.1, -0.05) is 50.2 Å². The number of hydrogen-bond donors (Lipinski definition) is 1. The summed E-state index contributed by atoms with van der Waals surface area (Å²) in [6.45, 7) is 12.6. The van der Waals surface area contributed by atoms with Gasteiger partial charge in [-0.3, -0.25) is 13.9 Å². The fourth-order valence-electron chi connectivity index (χ4n) is 3.98. The highest BCUT2D eigenvalue weighted by atomic mass is 32.2. The molecule has 0 aliphatic carbocycles. The molecule has 8 heteroatoms. The number of aryl methyl sites for hydroxylation is 3. The summed E-state index contributed by atoms with van der Waals surface area (Å²) in [5.74, 6) is -0.0765. The first-order valence-electron chi connectivity index (χ1n) is 12.5. The zero-order valence-corrected chi connectivity index (χ0v) is 23.5. The molecular weight excluding hydrogens is 474 g/mol. The van der Waals surface area contributed by atoms with Crippen molar-refractivity contribution in [3.63, 3.8) is 0 Å². The first kappa shape index (κ1) is 29.4. The maximum atomic E-state index is 13.4. The number of hydrogen-bond acceptors (Lipinski definition) is 4. The minimum Gasteiger partial charge on any atom is -0.354 e. The predicted molar refractivity (Wildman–Crippen MR) is 146 cm³/mol. The average molecular weight is 516 g/mol. The number of rotatable bonds is 12. The number of carbonyl (C=O) groups excluding carboxylic acids is 2. The zero-order valence-electron chi connectivity index (χ0n) is 22.7. The second-order valence-electron chi connectivity index (χ2n) is 9.99. The van der Waals surface area contributed by atoms with Gasteiger partial charge in [-0.15, -0.1) is 0 Å². The third-order valence-electron chi connectivity index (χ3n) is 6.24. The lowest BCUT2D eigenvalue weighted by Crippen LogP contribution is -2.48. The van der Waals surface area contributed by atoms with Crippen molar-refractivity contribution >= 4 is 27.5 Å². The minimum absolute atomic E-state index is 0.130. The molecule has 0 heterocycles. The number of benzene rings is 2. The van der Waals surface area contributed by atoms with Crippen LogP contribution in [0.3, 0.4) is 0 Å². The van der Waals surface area contributed by atoms with E-state index in [-0.39, 0.29) is 24.8 Å². The van der Waals surface area contributed by atoms with Gasteiger partial charge >= 0.3 is 0 Å². The molecule has 0 saturated carbocycles. The first-order valence-corrected chi connectivity index (χ1v) is 14.3. The van der Waals surface area contributed by atoms with Crippen molar-refractivity contribution in [1.29, 1.82) is 0 Å². The molecule has 0 fully saturated rings. The summed E-state index contributed by atoms with van der Waals surface area (Å²) in [5, 5.41) is 2.92. The fraction of sp³-hybridized carbons (Fsp3) is 0.500. The van der Waals surface area contributed by atoms with Gasteiger partial charge in [0.05, 0.1) is 11.9 Å². The maximum Gasteiger partial charge on any atom is 0.242 e. The molecule has 1 unspecified atom stereocenters. The number of sulfonamides is 1. The molecule has 2 amide bonds. The van der Waals surface area contributed by atoms with E-state index in [2.05, 4.69) is 5.32 Å². The van der Waals surface area contributed by atoms with E-state index in [0.29, 0.717) is 31.1 Å². The van der Waals surface area contributed by atoms with Gasteiger partial charge in [0, 0.05) is 26.1 Å². The van der Waals surface area contributed by atoms with Crippen molar-refractivity contribution in [2.75, 3.05) is 23.7 Å². The van der Waals surface area contributed by atoms with E-state index in [4.69, 9.17) is 0 Å². The molecule has 0 aliphatic rings. The topological polar surface area (TPSA) is 86.8 Å². The number of nitrogens with zero attached hydrogens (tertiary/aromatic N) is 2. The van der Waals surface area contributed by atoms with E-state index >= 15 is 0 Å². The highest BCUT2D eigenvalue weighted by molar-refractivity contribution is 7.92. The van der Waals surface area contributed by atoms with Crippen LogP contribution in [0.5, 0.6) is 0 Å². The van der Waals surface area contributed by atoms with Gasteiger partial charge in [-0.25, -0.2) is 8.42 Å². The minimum atomic E-state index is -3.53. The smallest absolute Gasteiger partial charge is 0.242 e. The molecule has 2 aromatic carbocycles. The van der Waals surface area contributed by atoms with Crippen LogP contribution in [-0.2, 0) is 26.2 Å². The molecule has 0 spiro atoms. The van der Waals surface area contributed by atoms with Crippen molar-refractivity contribution < 1.29 is 18.0 Å².